The van der Waals surface area contributed by atoms with E-state index in [1.54, 1.807) is 29.1 Å². The lowest BCUT2D eigenvalue weighted by molar-refractivity contribution is 0.0256. The third-order valence-electron chi connectivity index (χ3n) is 5.21. The first-order valence-corrected chi connectivity index (χ1v) is 9.50. The van der Waals surface area contributed by atoms with Gasteiger partial charge in [0.15, 0.2) is 0 Å². The molecule has 0 spiro atoms. The van der Waals surface area contributed by atoms with Crippen molar-refractivity contribution in [2.75, 3.05) is 5.32 Å². The molecule has 1 aliphatic carbocycles. The van der Waals surface area contributed by atoms with E-state index < -0.39 is 18.2 Å². The Morgan fingerprint density at radius 2 is 2.00 bits per heavy atom. The molecular formula is C21H21FN5O3. The molecule has 1 aromatic carbocycles. The Labute approximate surface area is 172 Å². The van der Waals surface area contributed by atoms with Gasteiger partial charge in [-0.2, -0.15) is 5.10 Å². The first kappa shape index (κ1) is 20.1. The van der Waals surface area contributed by atoms with E-state index in [4.69, 9.17) is 0 Å². The number of hydrogen-bond donors (Lipinski definition) is 3. The van der Waals surface area contributed by atoms with Crippen molar-refractivity contribution in [1.29, 1.82) is 0 Å². The number of carbonyl (C=O) groups excluding carboxylic acids is 1. The second-order valence-corrected chi connectivity index (χ2v) is 7.37. The summed E-state index contributed by atoms with van der Waals surface area (Å²) in [4.78, 5) is 21.1. The van der Waals surface area contributed by atoms with Crippen LogP contribution in [0.2, 0.25) is 0 Å². The summed E-state index contributed by atoms with van der Waals surface area (Å²) in [6.45, 7) is 4.21. The highest BCUT2D eigenvalue weighted by Gasteiger charge is 2.39. The summed E-state index contributed by atoms with van der Waals surface area (Å²) in [5.41, 5.74) is 1.26. The van der Waals surface area contributed by atoms with Crippen molar-refractivity contribution in [1.82, 2.24) is 19.7 Å². The van der Waals surface area contributed by atoms with Gasteiger partial charge >= 0.3 is 0 Å². The van der Waals surface area contributed by atoms with Crippen LogP contribution in [0.1, 0.15) is 28.0 Å². The molecule has 8 nitrogen and oxygen atoms in total. The van der Waals surface area contributed by atoms with Gasteiger partial charge in [-0.15, -0.1) is 0 Å². The maximum Gasteiger partial charge on any atom is 0.218 e. The molecule has 30 heavy (non-hydrogen) atoms. The number of hydrogen-bond acceptors (Lipinski definition) is 7. The minimum atomic E-state index is -1.01. The van der Waals surface area contributed by atoms with Crippen molar-refractivity contribution >= 4 is 11.6 Å². The van der Waals surface area contributed by atoms with Crippen molar-refractivity contribution < 1.29 is 19.4 Å². The Balaban J connectivity index is 1.51. The lowest BCUT2D eigenvalue weighted by atomic mass is 10.1. The summed E-state index contributed by atoms with van der Waals surface area (Å²) >= 11 is 0. The van der Waals surface area contributed by atoms with E-state index in [0.29, 0.717) is 13.0 Å². The number of nitrogens with one attached hydrogen (secondary N) is 1. The van der Waals surface area contributed by atoms with Gasteiger partial charge in [0, 0.05) is 12.4 Å². The van der Waals surface area contributed by atoms with Gasteiger partial charge in [0.25, 0.3) is 0 Å². The molecule has 3 aromatic rings. The Bertz CT molecular complexity index is 1040. The Kier molecular flexibility index (Phi) is 5.56. The molecule has 4 rings (SSSR count). The molecular weight excluding hydrogens is 389 g/mol. The van der Waals surface area contributed by atoms with Crippen LogP contribution in [0.4, 0.5) is 10.2 Å². The summed E-state index contributed by atoms with van der Waals surface area (Å²) in [7, 11) is 0. The quantitative estimate of drug-likeness (QED) is 0.527. The molecule has 4 atom stereocenters. The average Bonchev–Trinajstić information content (AvgIpc) is 3.30. The van der Waals surface area contributed by atoms with Crippen LogP contribution >= 0.6 is 0 Å². The van der Waals surface area contributed by atoms with E-state index in [-0.39, 0.29) is 34.6 Å². The highest BCUT2D eigenvalue weighted by Crippen LogP contribution is 2.29. The molecule has 0 bridgehead atoms. The molecule has 0 aliphatic heterocycles. The van der Waals surface area contributed by atoms with Gasteiger partial charge in [-0.1, -0.05) is 12.1 Å². The third-order valence-corrected chi connectivity index (χ3v) is 5.21. The first-order chi connectivity index (χ1) is 14.4. The lowest BCUT2D eigenvalue weighted by Gasteiger charge is -2.19. The summed E-state index contributed by atoms with van der Waals surface area (Å²) in [5, 5.41) is 27.4. The van der Waals surface area contributed by atoms with Crippen molar-refractivity contribution in [3.63, 3.8) is 0 Å². The monoisotopic (exact) mass is 410 g/mol. The van der Waals surface area contributed by atoms with Crippen LogP contribution in [0.3, 0.4) is 0 Å². The summed E-state index contributed by atoms with van der Waals surface area (Å²) in [5.74, 6) is -0.756. The van der Waals surface area contributed by atoms with Gasteiger partial charge in [0.2, 0.25) is 5.78 Å². The molecule has 155 valence electrons. The molecule has 2 heterocycles. The number of nitrogens with zero attached hydrogens (tertiary/aromatic N) is 4. The number of benzene rings is 1. The standard InChI is InChI=1S/C21H21FN5O3/c1-12-8-17(20(30)18(12)28)25-21-15(9-23-11-24-21)19(29)16-6-7-27(26-16)10-13-2-4-14(22)5-3-13/h2-7,9,11-12,17-18,20,28,30H,1,8,10H2,(H,23,24,25)/t12-,17-,18-,20+/m1/s1. The number of rotatable bonds is 6. The average molecular weight is 410 g/mol. The number of aliphatic hydroxyl groups excluding tert-OH is 2. The second-order valence-electron chi connectivity index (χ2n) is 7.37. The Hall–Kier alpha value is -3.17. The third kappa shape index (κ3) is 4.07. The topological polar surface area (TPSA) is 113 Å². The maximum atomic E-state index is 13.1. The van der Waals surface area contributed by atoms with Crippen LogP contribution in [-0.4, -0.2) is 54.0 Å². The van der Waals surface area contributed by atoms with Gasteiger partial charge in [0.05, 0.1) is 24.3 Å². The molecule has 1 fully saturated rings. The number of aromatic nitrogens is 4. The highest BCUT2D eigenvalue weighted by atomic mass is 19.1. The molecule has 0 unspecified atom stereocenters. The molecule has 1 aliphatic rings. The van der Waals surface area contributed by atoms with E-state index in [1.165, 1.54) is 24.7 Å². The summed E-state index contributed by atoms with van der Waals surface area (Å²) < 4.78 is 14.6. The van der Waals surface area contributed by atoms with E-state index in [1.807, 2.05) is 0 Å². The minimum Gasteiger partial charge on any atom is -0.390 e. The van der Waals surface area contributed by atoms with Crippen LogP contribution in [0.25, 0.3) is 0 Å². The zero-order chi connectivity index (χ0) is 21.3. The van der Waals surface area contributed by atoms with Crippen molar-refractivity contribution in [3.05, 3.63) is 78.6 Å². The summed E-state index contributed by atoms with van der Waals surface area (Å²) in [6, 6.07) is 7.15. The fourth-order valence-electron chi connectivity index (χ4n) is 3.54. The van der Waals surface area contributed by atoms with E-state index >= 15 is 0 Å². The predicted molar refractivity (Wildman–Crippen MR) is 106 cm³/mol. The lowest BCUT2D eigenvalue weighted by Crippen LogP contribution is -2.35. The fraction of sp³-hybridized carbons (Fsp3) is 0.286. The van der Waals surface area contributed by atoms with Gasteiger partial charge in [0.1, 0.15) is 29.8 Å². The van der Waals surface area contributed by atoms with Gasteiger partial charge in [-0.25, -0.2) is 14.4 Å². The van der Waals surface area contributed by atoms with Gasteiger partial charge in [-0.05, 0) is 43.0 Å². The van der Waals surface area contributed by atoms with Crippen LogP contribution in [0.15, 0.2) is 49.1 Å². The van der Waals surface area contributed by atoms with E-state index in [0.717, 1.165) is 5.56 Å². The van der Waals surface area contributed by atoms with Crippen LogP contribution in [0.5, 0.6) is 0 Å². The smallest absolute Gasteiger partial charge is 0.218 e. The molecule has 2 aromatic heterocycles. The number of aliphatic hydroxyl groups is 2. The molecule has 3 N–H and O–H groups in total. The molecule has 1 saturated carbocycles. The van der Waals surface area contributed by atoms with E-state index in [2.05, 4.69) is 27.3 Å². The highest BCUT2D eigenvalue weighted by molar-refractivity contribution is 6.10. The molecule has 0 amide bonds. The molecule has 9 heteroatoms. The maximum absolute atomic E-state index is 13.1. The number of anilines is 1. The SMILES string of the molecule is [CH2][C@@H]1C[C@@H](Nc2ncncc2C(=O)c2ccn(Cc3ccc(F)cc3)n2)[C@H](O)[C@@H]1O. The number of carbonyl (C=O) groups is 1. The second kappa shape index (κ2) is 8.29. The largest absolute Gasteiger partial charge is 0.390 e. The minimum absolute atomic E-state index is 0.206. The van der Waals surface area contributed by atoms with Crippen molar-refractivity contribution in [3.8, 4) is 0 Å². The van der Waals surface area contributed by atoms with Gasteiger partial charge in [-0.3, -0.25) is 9.48 Å². The van der Waals surface area contributed by atoms with Crippen LogP contribution in [0, 0.1) is 18.7 Å². The molecule has 0 saturated heterocycles. The van der Waals surface area contributed by atoms with Crippen molar-refractivity contribution in [2.24, 2.45) is 5.92 Å². The predicted octanol–water partition coefficient (Wildman–Crippen LogP) is 1.45. The van der Waals surface area contributed by atoms with Crippen molar-refractivity contribution in [2.45, 2.75) is 31.2 Å². The van der Waals surface area contributed by atoms with Gasteiger partial charge < -0.3 is 15.5 Å². The van der Waals surface area contributed by atoms with E-state index in [9.17, 15) is 19.4 Å². The fourth-order valence-corrected chi connectivity index (χ4v) is 3.54. The van der Waals surface area contributed by atoms with Crippen LogP contribution in [-0.2, 0) is 6.54 Å². The van der Waals surface area contributed by atoms with Crippen LogP contribution < -0.4 is 5.32 Å². The number of halogens is 1. The zero-order valence-corrected chi connectivity index (χ0v) is 16.0. The molecule has 1 radical (unpaired) electrons. The Morgan fingerprint density at radius 3 is 2.70 bits per heavy atom. The zero-order valence-electron chi connectivity index (χ0n) is 16.0. The Morgan fingerprint density at radius 1 is 1.23 bits per heavy atom. The first-order valence-electron chi connectivity index (χ1n) is 9.50. The normalized spacial score (nSPS) is 23.5. The number of ketones is 1. The summed E-state index contributed by atoms with van der Waals surface area (Å²) in [6.07, 6.45) is 2.83.